The second kappa shape index (κ2) is 13.4. The minimum Gasteiger partial charge on any atom is -0.497 e. The number of hydrogen-bond acceptors (Lipinski definition) is 8. The van der Waals surface area contributed by atoms with Gasteiger partial charge in [-0.1, -0.05) is 6.08 Å². The lowest BCUT2D eigenvalue weighted by Gasteiger charge is -2.18. The van der Waals surface area contributed by atoms with E-state index in [1.807, 2.05) is 25.1 Å². The van der Waals surface area contributed by atoms with E-state index >= 15 is 0 Å². The second-order valence-corrected chi connectivity index (χ2v) is 11.0. The van der Waals surface area contributed by atoms with Gasteiger partial charge in [0.2, 0.25) is 11.9 Å². The Morgan fingerprint density at radius 1 is 1.19 bits per heavy atom. The van der Waals surface area contributed by atoms with Crippen LogP contribution in [-0.4, -0.2) is 64.6 Å². The number of phosphoric ester groups is 1. The summed E-state index contributed by atoms with van der Waals surface area (Å²) in [6, 6.07) is 10.1. The van der Waals surface area contributed by atoms with E-state index in [-0.39, 0.29) is 12.5 Å². The zero-order chi connectivity index (χ0) is 30.4. The molecule has 0 radical (unpaired) electrons. The van der Waals surface area contributed by atoms with Crippen LogP contribution in [-0.2, 0) is 18.4 Å². The fourth-order valence-corrected chi connectivity index (χ4v) is 5.19. The number of phosphoric acid groups is 1. The first kappa shape index (κ1) is 31.0. The van der Waals surface area contributed by atoms with Crippen LogP contribution in [0.3, 0.4) is 0 Å². The first-order valence-electron chi connectivity index (χ1n) is 13.1. The van der Waals surface area contributed by atoms with Crippen molar-refractivity contribution in [1.29, 1.82) is 0 Å². The van der Waals surface area contributed by atoms with Crippen molar-refractivity contribution in [3.05, 3.63) is 73.1 Å². The average molecular weight is 598 g/mol. The maximum absolute atomic E-state index is 14.1. The van der Waals surface area contributed by atoms with E-state index in [0.29, 0.717) is 51.3 Å². The number of methoxy groups -OCH3 is 1. The predicted octanol–water partition coefficient (Wildman–Crippen LogP) is 5.64. The molecule has 42 heavy (non-hydrogen) atoms. The number of benzene rings is 1. The fraction of sp³-hybridized carbons (Fsp3) is 0.276. The molecule has 0 aliphatic heterocycles. The summed E-state index contributed by atoms with van der Waals surface area (Å²) in [6.07, 6.45) is 6.93. The molecule has 13 heteroatoms. The number of hydrogen-bond donors (Lipinski definition) is 2. The molecule has 11 nitrogen and oxygen atoms in total. The summed E-state index contributed by atoms with van der Waals surface area (Å²) in [4.78, 5) is 32.8. The molecule has 2 atom stereocenters. The van der Waals surface area contributed by atoms with E-state index in [2.05, 4.69) is 15.3 Å². The summed E-state index contributed by atoms with van der Waals surface area (Å²) in [7, 11) is 1.01. The van der Waals surface area contributed by atoms with Gasteiger partial charge in [0.05, 0.1) is 13.7 Å². The van der Waals surface area contributed by atoms with Crippen LogP contribution in [0, 0.1) is 5.95 Å². The standard InChI is InChI=1S/C29H33FN5O6P/c1-6-40-42(37,38)41-19(2)35-18-26(20-9-10-31-27(30)15-20)25-14-22(17-32-29(25)35)21-12-23(16-24(13-21)39-5)33-28(36)8-7-11-34(3)4/h7-10,12-19H,6,11H2,1-5H3,(H,33,36)(H,37,38)/b8-7+. The van der Waals surface area contributed by atoms with E-state index < -0.39 is 20.0 Å². The van der Waals surface area contributed by atoms with Gasteiger partial charge in [-0.3, -0.25) is 13.8 Å². The van der Waals surface area contributed by atoms with Gasteiger partial charge in [0.15, 0.2) is 0 Å². The topological polar surface area (TPSA) is 128 Å². The van der Waals surface area contributed by atoms with Crippen LogP contribution in [0.15, 0.2) is 67.1 Å². The summed E-state index contributed by atoms with van der Waals surface area (Å²) >= 11 is 0. The van der Waals surface area contributed by atoms with Gasteiger partial charge in [-0.15, -0.1) is 0 Å². The fourth-order valence-electron chi connectivity index (χ4n) is 4.31. The molecule has 0 spiro atoms. The Morgan fingerprint density at radius 3 is 2.67 bits per heavy atom. The monoisotopic (exact) mass is 597 g/mol. The minimum atomic E-state index is -4.33. The van der Waals surface area contributed by atoms with E-state index in [9.17, 15) is 18.6 Å². The molecule has 0 fully saturated rings. The maximum Gasteiger partial charge on any atom is 0.474 e. The van der Waals surface area contributed by atoms with E-state index in [1.54, 1.807) is 61.1 Å². The number of rotatable bonds is 12. The smallest absolute Gasteiger partial charge is 0.474 e. The van der Waals surface area contributed by atoms with Gasteiger partial charge in [0, 0.05) is 65.5 Å². The third-order valence-electron chi connectivity index (χ3n) is 6.16. The van der Waals surface area contributed by atoms with Gasteiger partial charge < -0.3 is 24.4 Å². The van der Waals surface area contributed by atoms with Gasteiger partial charge >= 0.3 is 7.82 Å². The van der Waals surface area contributed by atoms with Gasteiger partial charge in [0.1, 0.15) is 17.6 Å². The number of fused-ring (bicyclic) bond motifs is 1. The molecule has 0 saturated heterocycles. The van der Waals surface area contributed by atoms with Gasteiger partial charge in [0.25, 0.3) is 0 Å². The highest BCUT2D eigenvalue weighted by molar-refractivity contribution is 7.47. The quantitative estimate of drug-likeness (QED) is 0.121. The number of amides is 1. The SMILES string of the molecule is CCOP(=O)(O)OC(C)n1cc(-c2ccnc(F)c2)c2cc(-c3cc(NC(=O)/C=C/CN(C)C)cc(OC)c3)cnc21. The number of ether oxygens (including phenoxy) is 1. The number of carbonyl (C=O) groups excluding carboxylic acids is 1. The Hall–Kier alpha value is -3.93. The van der Waals surface area contributed by atoms with Gasteiger partial charge in [-0.05, 0) is 63.3 Å². The molecule has 0 aliphatic rings. The number of pyridine rings is 2. The number of aromatic nitrogens is 3. The van der Waals surface area contributed by atoms with Crippen LogP contribution < -0.4 is 10.1 Å². The van der Waals surface area contributed by atoms with Crippen LogP contribution in [0.4, 0.5) is 10.1 Å². The normalized spacial score (nSPS) is 13.9. The van der Waals surface area contributed by atoms with Crippen molar-refractivity contribution in [2.75, 3.05) is 39.7 Å². The zero-order valence-electron chi connectivity index (χ0n) is 23.9. The lowest BCUT2D eigenvalue weighted by Crippen LogP contribution is -2.13. The Kier molecular flexibility index (Phi) is 9.87. The van der Waals surface area contributed by atoms with Crippen molar-refractivity contribution in [2.45, 2.75) is 20.1 Å². The number of anilines is 1. The van der Waals surface area contributed by atoms with Crippen LogP contribution in [0.2, 0.25) is 0 Å². The number of halogens is 1. The van der Waals surface area contributed by atoms with Crippen molar-refractivity contribution in [2.24, 2.45) is 0 Å². The molecule has 1 amide bonds. The third-order valence-corrected chi connectivity index (χ3v) is 7.32. The predicted molar refractivity (Wildman–Crippen MR) is 158 cm³/mol. The van der Waals surface area contributed by atoms with Gasteiger partial charge in [-0.25, -0.2) is 14.5 Å². The third kappa shape index (κ3) is 7.67. The average Bonchev–Trinajstić information content (AvgIpc) is 3.31. The molecule has 4 aromatic rings. The van der Waals surface area contributed by atoms with Crippen molar-refractivity contribution in [3.63, 3.8) is 0 Å². The summed E-state index contributed by atoms with van der Waals surface area (Å²) < 4.78 is 43.7. The molecule has 2 unspecified atom stereocenters. The van der Waals surface area contributed by atoms with Crippen LogP contribution in [0.5, 0.6) is 5.75 Å². The molecule has 2 N–H and O–H groups in total. The Labute approximate surface area is 243 Å². The van der Waals surface area contributed by atoms with Crippen molar-refractivity contribution in [1.82, 2.24) is 19.4 Å². The number of nitrogens with zero attached hydrogens (tertiary/aromatic N) is 4. The highest BCUT2D eigenvalue weighted by Gasteiger charge is 2.26. The highest BCUT2D eigenvalue weighted by atomic mass is 31.2. The van der Waals surface area contributed by atoms with Crippen LogP contribution in [0.25, 0.3) is 33.3 Å². The molecule has 0 aliphatic carbocycles. The van der Waals surface area contributed by atoms with Crippen molar-refractivity contribution < 1.29 is 32.4 Å². The van der Waals surface area contributed by atoms with Crippen molar-refractivity contribution in [3.8, 4) is 28.0 Å². The molecular weight excluding hydrogens is 564 g/mol. The molecule has 1 aromatic carbocycles. The second-order valence-electron chi connectivity index (χ2n) is 9.61. The summed E-state index contributed by atoms with van der Waals surface area (Å²) in [5.41, 5.74) is 3.47. The summed E-state index contributed by atoms with van der Waals surface area (Å²) in [6.45, 7) is 3.78. The minimum absolute atomic E-state index is 0.00850. The molecule has 0 bridgehead atoms. The number of nitrogens with one attached hydrogen (secondary N) is 1. The molecule has 4 rings (SSSR count). The van der Waals surface area contributed by atoms with E-state index in [0.717, 1.165) is 0 Å². The lowest BCUT2D eigenvalue weighted by molar-refractivity contribution is -0.111. The Bertz CT molecular complexity index is 1660. The largest absolute Gasteiger partial charge is 0.497 e. The van der Waals surface area contributed by atoms with E-state index in [1.165, 1.54) is 25.4 Å². The molecule has 0 saturated carbocycles. The van der Waals surface area contributed by atoms with E-state index in [4.69, 9.17) is 13.8 Å². The Morgan fingerprint density at radius 2 is 1.98 bits per heavy atom. The first-order valence-corrected chi connectivity index (χ1v) is 14.6. The van der Waals surface area contributed by atoms with Gasteiger partial charge in [-0.2, -0.15) is 4.39 Å². The lowest BCUT2D eigenvalue weighted by atomic mass is 10.0. The van der Waals surface area contributed by atoms with Crippen molar-refractivity contribution >= 4 is 30.5 Å². The van der Waals surface area contributed by atoms with Crippen LogP contribution >= 0.6 is 7.82 Å². The molecule has 3 heterocycles. The molecular formula is C29H33FN5O6P. The van der Waals surface area contributed by atoms with Crippen LogP contribution in [0.1, 0.15) is 20.1 Å². The summed E-state index contributed by atoms with van der Waals surface area (Å²) in [5, 5.41) is 3.48. The maximum atomic E-state index is 14.1. The highest BCUT2D eigenvalue weighted by Crippen LogP contribution is 2.47. The molecule has 3 aromatic heterocycles. The summed E-state index contributed by atoms with van der Waals surface area (Å²) in [5.74, 6) is -0.428. The molecule has 222 valence electrons. The Balaban J connectivity index is 1.78. The first-order chi connectivity index (χ1) is 20.0. The zero-order valence-corrected chi connectivity index (χ0v) is 24.8. The number of carbonyl (C=O) groups is 1. The number of likely N-dealkylation sites (N-methyl/N-ethyl adjacent to an activating group) is 1.